The van der Waals surface area contributed by atoms with Crippen LogP contribution in [0.3, 0.4) is 0 Å². The Balaban J connectivity index is 3.40. The van der Waals surface area contributed by atoms with Crippen LogP contribution in [0.15, 0.2) is 16.9 Å². The van der Waals surface area contributed by atoms with E-state index in [9.17, 15) is 0 Å². The molecule has 1 nitrogen and oxygen atoms in total. The summed E-state index contributed by atoms with van der Waals surface area (Å²) in [6.07, 6.45) is 0. The van der Waals surface area contributed by atoms with Gasteiger partial charge in [-0.2, -0.15) is 0 Å². The molecule has 0 heterocycles. The number of benzene rings is 1. The molecule has 0 N–H and O–H groups in total. The zero-order valence-electron chi connectivity index (χ0n) is 7.50. The summed E-state index contributed by atoms with van der Waals surface area (Å²) in [5, 5.41) is 0. The molecular weight excluding hydrogens is 184 g/mol. The molecule has 0 saturated carbocycles. The maximum absolute atomic E-state index is 4.28. The van der Waals surface area contributed by atoms with E-state index in [-0.39, 0.29) is 0 Å². The first kappa shape index (κ1) is 9.96. The molecule has 0 radical (unpaired) electrons. The fourth-order valence-corrected chi connectivity index (χ4v) is 2.05. The minimum absolute atomic E-state index is 0.776. The third-order valence-corrected chi connectivity index (χ3v) is 2.34. The Morgan fingerprint density at radius 3 is 2.08 bits per heavy atom. The van der Waals surface area contributed by atoms with Gasteiger partial charge in [-0.15, -0.1) is 0 Å². The molecule has 0 bridgehead atoms. The van der Waals surface area contributed by atoms with Gasteiger partial charge in [-0.1, -0.05) is 0 Å². The van der Waals surface area contributed by atoms with Crippen LogP contribution in [-0.2, 0) is 0 Å². The van der Waals surface area contributed by atoms with Crippen LogP contribution in [0.4, 0.5) is 5.69 Å². The summed E-state index contributed by atoms with van der Waals surface area (Å²) in [6, 6.07) is 4.29. The number of aryl methyl sites for hydroxylation is 3. The SMILES string of the molecule is Cc1cc(C)c(N=P#P)c(C)c1. The van der Waals surface area contributed by atoms with Gasteiger partial charge >= 0.3 is 75.8 Å². The van der Waals surface area contributed by atoms with Crippen LogP contribution in [-0.4, -0.2) is 0 Å². The van der Waals surface area contributed by atoms with Crippen molar-refractivity contribution < 1.29 is 0 Å². The van der Waals surface area contributed by atoms with E-state index < -0.39 is 0 Å². The minimum atomic E-state index is 0.776. The standard InChI is InChI=1S/C9H11NP2/c1-6-4-7(2)9(10-12-11)8(3)5-6/h4-5H,1-3H3. The average Bonchev–Trinajstić information content (AvgIpc) is 1.96. The molecule has 1 rings (SSSR count). The van der Waals surface area contributed by atoms with Crippen molar-refractivity contribution in [3.8, 4) is 0 Å². The maximum atomic E-state index is 4.28. The van der Waals surface area contributed by atoms with Gasteiger partial charge in [0.2, 0.25) is 0 Å². The quantitative estimate of drug-likeness (QED) is 0.576. The molecule has 0 amide bonds. The van der Waals surface area contributed by atoms with E-state index in [1.807, 2.05) is 0 Å². The van der Waals surface area contributed by atoms with Gasteiger partial charge in [0.25, 0.3) is 0 Å². The van der Waals surface area contributed by atoms with Gasteiger partial charge in [-0.25, -0.2) is 0 Å². The van der Waals surface area contributed by atoms with Gasteiger partial charge in [0, 0.05) is 0 Å². The normalized spacial score (nSPS) is 9.50. The summed E-state index contributed by atoms with van der Waals surface area (Å²) < 4.78 is 4.28. The van der Waals surface area contributed by atoms with Crippen LogP contribution in [0.1, 0.15) is 16.7 Å². The van der Waals surface area contributed by atoms with Gasteiger partial charge in [-0.05, 0) is 0 Å². The van der Waals surface area contributed by atoms with Crippen molar-refractivity contribution in [3.05, 3.63) is 28.8 Å². The topological polar surface area (TPSA) is 12.4 Å². The third-order valence-electron chi connectivity index (χ3n) is 1.78. The fourth-order valence-electron chi connectivity index (χ4n) is 1.37. The fraction of sp³-hybridized carbons (Fsp3) is 0.333. The second-order valence-electron chi connectivity index (χ2n) is 2.94. The van der Waals surface area contributed by atoms with E-state index in [2.05, 4.69) is 46.0 Å². The van der Waals surface area contributed by atoms with Gasteiger partial charge in [0.15, 0.2) is 0 Å². The number of hydrogen-bond donors (Lipinski definition) is 0. The van der Waals surface area contributed by atoms with Gasteiger partial charge in [-0.3, -0.25) is 0 Å². The first-order chi connectivity index (χ1) is 5.65. The number of rotatable bonds is 1. The monoisotopic (exact) mass is 195 g/mol. The molecule has 0 aromatic heterocycles. The molecule has 1 aromatic rings. The van der Waals surface area contributed by atoms with Gasteiger partial charge in [0.1, 0.15) is 0 Å². The van der Waals surface area contributed by atoms with Gasteiger partial charge < -0.3 is 0 Å². The van der Waals surface area contributed by atoms with Crippen LogP contribution >= 0.6 is 15.8 Å². The summed E-state index contributed by atoms with van der Waals surface area (Å²) in [7, 11) is 4.83. The first-order valence-electron chi connectivity index (χ1n) is 3.78. The molecule has 1 aromatic carbocycles. The van der Waals surface area contributed by atoms with Crippen LogP contribution in [0.25, 0.3) is 0 Å². The molecule has 0 saturated heterocycles. The Labute approximate surface area is 76.4 Å². The summed E-state index contributed by atoms with van der Waals surface area (Å²) in [6.45, 7) is 6.26. The molecule has 0 aliphatic carbocycles. The predicted molar refractivity (Wildman–Crippen MR) is 56.6 cm³/mol. The Kier molecular flexibility index (Phi) is 3.50. The van der Waals surface area contributed by atoms with E-state index in [4.69, 9.17) is 0 Å². The van der Waals surface area contributed by atoms with Crippen molar-refractivity contribution in [1.29, 1.82) is 0 Å². The van der Waals surface area contributed by atoms with Crippen molar-refractivity contribution >= 4 is 21.5 Å². The molecule has 0 aliphatic heterocycles. The van der Waals surface area contributed by atoms with Crippen LogP contribution < -0.4 is 0 Å². The van der Waals surface area contributed by atoms with E-state index in [1.165, 1.54) is 16.7 Å². The molecule has 3 heteroatoms. The molecular formula is C9H11NP2. The number of nitrogens with zero attached hydrogens (tertiary/aromatic N) is 1. The first-order valence-corrected chi connectivity index (χ1v) is 5.78. The van der Waals surface area contributed by atoms with Gasteiger partial charge in [0.05, 0.1) is 0 Å². The van der Waals surface area contributed by atoms with Crippen molar-refractivity contribution in [3.63, 3.8) is 0 Å². The summed E-state index contributed by atoms with van der Waals surface area (Å²) in [5.41, 5.74) is 4.83. The van der Waals surface area contributed by atoms with E-state index in [1.54, 1.807) is 0 Å². The predicted octanol–water partition coefficient (Wildman–Crippen LogP) is 4.70. The molecule has 0 atom stereocenters. The van der Waals surface area contributed by atoms with E-state index >= 15 is 0 Å². The summed E-state index contributed by atoms with van der Waals surface area (Å²) in [5.74, 6) is 0. The zero-order valence-corrected chi connectivity index (χ0v) is 9.29. The van der Waals surface area contributed by atoms with Crippen molar-refractivity contribution in [2.75, 3.05) is 0 Å². The van der Waals surface area contributed by atoms with Crippen molar-refractivity contribution in [2.45, 2.75) is 20.8 Å². The molecule has 0 spiro atoms. The van der Waals surface area contributed by atoms with Crippen LogP contribution in [0.2, 0.25) is 0 Å². The average molecular weight is 195 g/mol. The molecule has 0 fully saturated rings. The second kappa shape index (κ2) is 4.21. The zero-order chi connectivity index (χ0) is 9.14. The Morgan fingerprint density at radius 1 is 1.17 bits per heavy atom. The van der Waals surface area contributed by atoms with Crippen molar-refractivity contribution in [1.82, 2.24) is 0 Å². The second-order valence-corrected chi connectivity index (χ2v) is 3.85. The third kappa shape index (κ3) is 2.19. The molecule has 0 unspecified atom stereocenters. The van der Waals surface area contributed by atoms with Crippen molar-refractivity contribution in [2.24, 2.45) is 4.74 Å². The number of hydrogen-bond acceptors (Lipinski definition) is 1. The summed E-state index contributed by atoms with van der Waals surface area (Å²) >= 11 is 0. The Morgan fingerprint density at radius 2 is 1.67 bits per heavy atom. The van der Waals surface area contributed by atoms with E-state index in [0.29, 0.717) is 0 Å². The van der Waals surface area contributed by atoms with Crippen LogP contribution in [0, 0.1) is 20.8 Å². The van der Waals surface area contributed by atoms with Crippen LogP contribution in [0.5, 0.6) is 0 Å². The van der Waals surface area contributed by atoms with E-state index in [0.717, 1.165) is 13.2 Å². The molecule has 0 aliphatic rings. The summed E-state index contributed by atoms with van der Waals surface area (Å²) in [4.78, 5) is 0. The molecule has 62 valence electrons. The Hall–Kier alpha value is -0.120. The Bertz CT molecular complexity index is 370. The molecule has 12 heavy (non-hydrogen) atoms.